The van der Waals surface area contributed by atoms with Crippen LogP contribution in [0.3, 0.4) is 0 Å². The summed E-state index contributed by atoms with van der Waals surface area (Å²) in [6.45, 7) is 2.95. The number of imidazole rings is 1. The summed E-state index contributed by atoms with van der Waals surface area (Å²) in [5.41, 5.74) is 1.19. The second-order valence-electron chi connectivity index (χ2n) is 10.4. The van der Waals surface area contributed by atoms with Crippen LogP contribution in [0.15, 0.2) is 23.1 Å². The topological polar surface area (TPSA) is 81.5 Å². The molecular formula is C24H33N3O4S. The minimum atomic E-state index is -3.54. The molecule has 0 radical (unpaired) electrons. The third kappa shape index (κ3) is 3.55. The van der Waals surface area contributed by atoms with E-state index in [4.69, 9.17) is 4.74 Å². The van der Waals surface area contributed by atoms with E-state index < -0.39 is 10.0 Å². The number of benzene rings is 1. The molecule has 7 nitrogen and oxygen atoms in total. The Kier molecular flexibility index (Phi) is 5.36. The molecule has 0 N–H and O–H groups in total. The van der Waals surface area contributed by atoms with E-state index in [1.165, 1.54) is 37.7 Å². The third-order valence-corrected chi connectivity index (χ3v) is 9.64. The molecule has 0 saturated heterocycles. The molecule has 4 saturated carbocycles. The molecule has 4 bridgehead atoms. The number of hydrogen-bond acceptors (Lipinski definition) is 5. The van der Waals surface area contributed by atoms with E-state index in [0.29, 0.717) is 29.1 Å². The smallest absolute Gasteiger partial charge is 0.312 e. The van der Waals surface area contributed by atoms with Crippen molar-refractivity contribution in [3.05, 3.63) is 24.0 Å². The van der Waals surface area contributed by atoms with Gasteiger partial charge in [-0.2, -0.15) is 0 Å². The highest BCUT2D eigenvalue weighted by molar-refractivity contribution is 7.89. The van der Waals surface area contributed by atoms with Crippen molar-refractivity contribution in [2.45, 2.75) is 69.9 Å². The van der Waals surface area contributed by atoms with Gasteiger partial charge in [-0.05, 0) is 80.9 Å². The number of aryl methyl sites for hydroxylation is 1. The standard InChI is InChI=1S/C24H33N3O4S/c1-4-7-27-21-6-5-19(32(29,30)26(2)3)11-20(21)25-22(27)15-31-23(28)24-12-16-8-17(13-24)10-18(9-16)14-24/h5-6,11,16-18H,4,7-10,12-15H2,1-3H3. The monoisotopic (exact) mass is 459 g/mol. The van der Waals surface area contributed by atoms with Gasteiger partial charge in [0.2, 0.25) is 10.0 Å². The van der Waals surface area contributed by atoms with Crippen LogP contribution in [0.25, 0.3) is 11.0 Å². The summed E-state index contributed by atoms with van der Waals surface area (Å²) in [7, 11) is -0.500. The molecule has 32 heavy (non-hydrogen) atoms. The van der Waals surface area contributed by atoms with Gasteiger partial charge in [0.1, 0.15) is 12.4 Å². The summed E-state index contributed by atoms with van der Waals surface area (Å²) < 4.78 is 34.2. The number of rotatable bonds is 7. The van der Waals surface area contributed by atoms with Crippen LogP contribution in [0.2, 0.25) is 0 Å². The summed E-state index contributed by atoms with van der Waals surface area (Å²) in [5.74, 6) is 2.70. The number of carbonyl (C=O) groups is 1. The van der Waals surface area contributed by atoms with Crippen LogP contribution in [0.1, 0.15) is 57.7 Å². The summed E-state index contributed by atoms with van der Waals surface area (Å²) in [6, 6.07) is 5.04. The van der Waals surface area contributed by atoms with E-state index in [2.05, 4.69) is 11.9 Å². The Morgan fingerprint density at radius 2 is 1.78 bits per heavy atom. The molecular weight excluding hydrogens is 426 g/mol. The molecule has 1 heterocycles. The molecule has 1 aromatic carbocycles. The fourth-order valence-corrected chi connectivity index (χ4v) is 7.68. The number of fused-ring (bicyclic) bond motifs is 1. The van der Waals surface area contributed by atoms with Crippen molar-refractivity contribution in [2.75, 3.05) is 14.1 Å². The first-order chi connectivity index (χ1) is 15.2. The van der Waals surface area contributed by atoms with Gasteiger partial charge in [-0.15, -0.1) is 0 Å². The molecule has 6 rings (SSSR count). The Morgan fingerprint density at radius 3 is 2.34 bits per heavy atom. The van der Waals surface area contributed by atoms with Crippen LogP contribution in [-0.4, -0.2) is 42.3 Å². The van der Waals surface area contributed by atoms with Crippen LogP contribution in [-0.2, 0) is 32.7 Å². The number of nitrogens with zero attached hydrogens (tertiary/aromatic N) is 3. The van der Waals surface area contributed by atoms with E-state index >= 15 is 0 Å². The van der Waals surface area contributed by atoms with Crippen molar-refractivity contribution < 1.29 is 17.9 Å². The van der Waals surface area contributed by atoms with E-state index in [1.807, 2.05) is 4.57 Å². The van der Waals surface area contributed by atoms with Gasteiger partial charge in [0.25, 0.3) is 0 Å². The molecule has 174 valence electrons. The lowest BCUT2D eigenvalue weighted by molar-refractivity contribution is -0.173. The van der Waals surface area contributed by atoms with Gasteiger partial charge in [0, 0.05) is 20.6 Å². The van der Waals surface area contributed by atoms with Gasteiger partial charge in [0.05, 0.1) is 21.3 Å². The summed E-state index contributed by atoms with van der Waals surface area (Å²) in [6.07, 6.45) is 7.71. The molecule has 0 spiro atoms. The van der Waals surface area contributed by atoms with E-state index in [9.17, 15) is 13.2 Å². The van der Waals surface area contributed by atoms with E-state index in [-0.39, 0.29) is 22.9 Å². The maximum atomic E-state index is 13.3. The average Bonchev–Trinajstić information content (AvgIpc) is 3.08. The van der Waals surface area contributed by atoms with E-state index in [0.717, 1.165) is 37.7 Å². The van der Waals surface area contributed by atoms with Crippen LogP contribution >= 0.6 is 0 Å². The van der Waals surface area contributed by atoms with E-state index in [1.54, 1.807) is 18.2 Å². The zero-order chi connectivity index (χ0) is 22.7. The second kappa shape index (κ2) is 7.83. The van der Waals surface area contributed by atoms with Crippen LogP contribution in [0.4, 0.5) is 0 Å². The lowest BCUT2D eigenvalue weighted by Crippen LogP contribution is -2.50. The summed E-state index contributed by atoms with van der Waals surface area (Å²) in [4.78, 5) is 18.2. The fourth-order valence-electron chi connectivity index (χ4n) is 6.76. The normalized spacial score (nSPS) is 29.2. The first-order valence-electron chi connectivity index (χ1n) is 11.8. The zero-order valence-electron chi connectivity index (χ0n) is 19.2. The third-order valence-electron chi connectivity index (χ3n) is 7.83. The SMILES string of the molecule is CCCn1c(COC(=O)C23CC4CC(CC(C4)C2)C3)nc2cc(S(=O)(=O)N(C)C)ccc21. The lowest BCUT2D eigenvalue weighted by Gasteiger charge is -2.55. The predicted octanol–water partition coefficient (Wildman–Crippen LogP) is 3.96. The number of esters is 1. The molecule has 0 unspecified atom stereocenters. The Hall–Kier alpha value is -1.93. The first-order valence-corrected chi connectivity index (χ1v) is 13.2. The molecule has 4 fully saturated rings. The number of sulfonamides is 1. The fraction of sp³-hybridized carbons (Fsp3) is 0.667. The van der Waals surface area contributed by atoms with Crippen molar-refractivity contribution >= 4 is 27.0 Å². The van der Waals surface area contributed by atoms with Gasteiger partial charge in [-0.25, -0.2) is 17.7 Å². The van der Waals surface area contributed by atoms with Gasteiger partial charge < -0.3 is 9.30 Å². The molecule has 4 aliphatic rings. The van der Waals surface area contributed by atoms with Crippen LogP contribution in [0, 0.1) is 23.2 Å². The highest BCUT2D eigenvalue weighted by Gasteiger charge is 2.55. The summed E-state index contributed by atoms with van der Waals surface area (Å²) >= 11 is 0. The Bertz CT molecular complexity index is 1120. The number of hydrogen-bond donors (Lipinski definition) is 0. The minimum Gasteiger partial charge on any atom is -0.457 e. The van der Waals surface area contributed by atoms with Gasteiger partial charge in [-0.1, -0.05) is 6.92 Å². The zero-order valence-corrected chi connectivity index (χ0v) is 20.0. The molecule has 1 aromatic heterocycles. The summed E-state index contributed by atoms with van der Waals surface area (Å²) in [5, 5.41) is 0. The van der Waals surface area contributed by atoms with Crippen LogP contribution in [0.5, 0.6) is 0 Å². The maximum absolute atomic E-state index is 13.3. The highest BCUT2D eigenvalue weighted by atomic mass is 32.2. The number of ether oxygens (including phenoxy) is 1. The highest BCUT2D eigenvalue weighted by Crippen LogP contribution is 2.60. The second-order valence-corrected chi connectivity index (χ2v) is 12.5. The Balaban J connectivity index is 1.40. The molecule has 4 aliphatic carbocycles. The van der Waals surface area contributed by atoms with Crippen LogP contribution < -0.4 is 0 Å². The minimum absolute atomic E-state index is 0.0532. The molecule has 0 aliphatic heterocycles. The molecule has 8 heteroatoms. The molecule has 0 amide bonds. The molecule has 2 aromatic rings. The number of carbonyl (C=O) groups excluding carboxylic acids is 1. The Morgan fingerprint density at radius 1 is 1.16 bits per heavy atom. The van der Waals surface area contributed by atoms with Crippen molar-refractivity contribution in [3.8, 4) is 0 Å². The number of aromatic nitrogens is 2. The quantitative estimate of drug-likeness (QED) is 0.586. The van der Waals surface area contributed by atoms with Crippen molar-refractivity contribution in [1.29, 1.82) is 0 Å². The van der Waals surface area contributed by atoms with Crippen molar-refractivity contribution in [1.82, 2.24) is 13.9 Å². The van der Waals surface area contributed by atoms with Gasteiger partial charge in [-0.3, -0.25) is 4.79 Å². The maximum Gasteiger partial charge on any atom is 0.312 e. The van der Waals surface area contributed by atoms with Crippen molar-refractivity contribution in [3.63, 3.8) is 0 Å². The van der Waals surface area contributed by atoms with Gasteiger partial charge in [0.15, 0.2) is 0 Å². The molecule has 0 atom stereocenters. The average molecular weight is 460 g/mol. The lowest BCUT2D eigenvalue weighted by atomic mass is 9.49. The Labute approximate surface area is 190 Å². The largest absolute Gasteiger partial charge is 0.457 e. The van der Waals surface area contributed by atoms with Gasteiger partial charge >= 0.3 is 5.97 Å². The first kappa shape index (κ1) is 21.9. The van der Waals surface area contributed by atoms with Crippen molar-refractivity contribution in [2.24, 2.45) is 23.2 Å². The predicted molar refractivity (Wildman–Crippen MR) is 121 cm³/mol.